The van der Waals surface area contributed by atoms with Crippen LogP contribution in [0.15, 0.2) is 99.2 Å². The van der Waals surface area contributed by atoms with Crippen molar-refractivity contribution in [3.8, 4) is 17.9 Å². The van der Waals surface area contributed by atoms with Crippen molar-refractivity contribution >= 4 is 10.0 Å². The zero-order valence-corrected chi connectivity index (χ0v) is 27.2. The molecule has 0 radical (unpaired) electrons. The van der Waals surface area contributed by atoms with Gasteiger partial charge in [-0.1, -0.05) is 56.9 Å². The molecule has 9 heteroatoms. The summed E-state index contributed by atoms with van der Waals surface area (Å²) in [5, 5.41) is 20.3. The Morgan fingerprint density at radius 3 is 2.44 bits per heavy atom. The molecule has 240 valence electrons. The van der Waals surface area contributed by atoms with Crippen molar-refractivity contribution in [2.75, 3.05) is 6.54 Å². The van der Waals surface area contributed by atoms with Crippen molar-refractivity contribution in [2.45, 2.75) is 89.9 Å². The first-order valence-electron chi connectivity index (χ1n) is 15.7. The summed E-state index contributed by atoms with van der Waals surface area (Å²) in [6.07, 6.45) is 15.0. The van der Waals surface area contributed by atoms with Crippen molar-refractivity contribution in [3.63, 3.8) is 0 Å². The lowest BCUT2D eigenvalue weighted by atomic mass is 9.77. The minimum atomic E-state index is -3.67. The van der Waals surface area contributed by atoms with Crippen molar-refractivity contribution in [2.24, 2.45) is 11.8 Å². The first-order valence-corrected chi connectivity index (χ1v) is 17.1. The van der Waals surface area contributed by atoms with Gasteiger partial charge >= 0.3 is 0 Å². The highest BCUT2D eigenvalue weighted by Crippen LogP contribution is 2.37. The Labute approximate surface area is 267 Å². The number of ether oxygens (including phenoxy) is 1. The number of sulfonamides is 1. The third-order valence-electron chi connectivity index (χ3n) is 8.22. The number of hydrogen-bond donors (Lipinski definition) is 1. The molecule has 0 aromatic heterocycles. The molecule has 0 spiro atoms. The van der Waals surface area contributed by atoms with Crippen LogP contribution < -0.4 is 9.46 Å². The van der Waals surface area contributed by atoms with Crippen LogP contribution in [0.4, 0.5) is 8.78 Å². The summed E-state index contributed by atoms with van der Waals surface area (Å²) < 4.78 is 61.7. The van der Waals surface area contributed by atoms with Gasteiger partial charge in [0.2, 0.25) is 16.4 Å². The van der Waals surface area contributed by atoms with E-state index >= 15 is 0 Å². The Kier molecular flexibility index (Phi) is 14.0. The molecule has 45 heavy (non-hydrogen) atoms. The molecular weight excluding hydrogens is 592 g/mol. The molecule has 2 aliphatic rings. The second-order valence-electron chi connectivity index (χ2n) is 11.4. The molecule has 1 fully saturated rings. The molecule has 0 aliphatic heterocycles. The van der Waals surface area contributed by atoms with Crippen LogP contribution >= 0.6 is 0 Å². The fourth-order valence-corrected chi connectivity index (χ4v) is 6.85. The van der Waals surface area contributed by atoms with Gasteiger partial charge in [-0.2, -0.15) is 10.5 Å². The molecule has 1 atom stereocenters. The Balaban J connectivity index is 2.17. The van der Waals surface area contributed by atoms with Crippen LogP contribution in [-0.4, -0.2) is 21.4 Å². The standard InChI is InChI=1S/C36H43F2N3O3S/c1-4-6-20-41-45(42,43)33-18-16-31(17-19-33)44-32-21-29(27-12-8-7-9-13-27)14-10-15-30(24-39)35(25-40)34(23-32)26(3)28(11-5-2)22-36(37)38/h5,10-11,14-19,23,27,29,36,41H,4,6-9,12-13,20-22H2,1-3H3/b11-5-,14-10+,28-26-,30-15-,32-23-,35-34+. The molecule has 1 saturated carbocycles. The summed E-state index contributed by atoms with van der Waals surface area (Å²) in [4.78, 5) is 0.117. The lowest BCUT2D eigenvalue weighted by Gasteiger charge is -2.29. The second kappa shape index (κ2) is 17.6. The van der Waals surface area contributed by atoms with E-state index in [1.165, 1.54) is 18.6 Å². The van der Waals surface area contributed by atoms with E-state index in [1.807, 2.05) is 13.0 Å². The lowest BCUT2D eigenvalue weighted by Crippen LogP contribution is -2.24. The van der Waals surface area contributed by atoms with E-state index in [9.17, 15) is 27.7 Å². The average Bonchev–Trinajstić information content (AvgIpc) is 3.03. The monoisotopic (exact) mass is 635 g/mol. The van der Waals surface area contributed by atoms with Gasteiger partial charge in [0.15, 0.2) is 0 Å². The number of allylic oxidation sites excluding steroid dienone is 12. The van der Waals surface area contributed by atoms with Crippen molar-refractivity contribution < 1.29 is 21.9 Å². The van der Waals surface area contributed by atoms with E-state index in [1.54, 1.807) is 50.3 Å². The van der Waals surface area contributed by atoms with Crippen LogP contribution in [0.25, 0.3) is 0 Å². The summed E-state index contributed by atoms with van der Waals surface area (Å²) in [7, 11) is -3.67. The maximum atomic E-state index is 13.6. The topological polar surface area (TPSA) is 103 Å². The Bertz CT molecular complexity index is 1550. The van der Waals surface area contributed by atoms with Gasteiger partial charge in [-0.3, -0.25) is 0 Å². The first kappa shape index (κ1) is 35.7. The highest BCUT2D eigenvalue weighted by atomic mass is 32.2. The third-order valence-corrected chi connectivity index (χ3v) is 9.70. The maximum Gasteiger partial charge on any atom is 0.242 e. The number of alkyl halides is 2. The Hall–Kier alpha value is -3.79. The third kappa shape index (κ3) is 10.4. The summed E-state index contributed by atoms with van der Waals surface area (Å²) in [6.45, 7) is 5.75. The number of halogens is 2. The van der Waals surface area contributed by atoms with Gasteiger partial charge in [0.1, 0.15) is 23.6 Å². The first-order chi connectivity index (χ1) is 21.6. The smallest absolute Gasteiger partial charge is 0.242 e. The second-order valence-corrected chi connectivity index (χ2v) is 13.2. The number of nitrogens with one attached hydrogen (secondary N) is 1. The Morgan fingerprint density at radius 1 is 1.13 bits per heavy atom. The van der Waals surface area contributed by atoms with Gasteiger partial charge < -0.3 is 4.74 Å². The molecule has 1 aromatic rings. The van der Waals surface area contributed by atoms with Crippen molar-refractivity contribution in [3.05, 3.63) is 94.3 Å². The van der Waals surface area contributed by atoms with Gasteiger partial charge in [0.05, 0.1) is 16.0 Å². The fraction of sp³-hybridized carbons (Fsp3) is 0.444. The molecule has 2 aliphatic carbocycles. The van der Waals surface area contributed by atoms with E-state index < -0.39 is 22.9 Å². The number of nitriles is 2. The number of unbranched alkanes of at least 4 members (excludes halogenated alkanes) is 1. The predicted molar refractivity (Wildman–Crippen MR) is 174 cm³/mol. The summed E-state index contributed by atoms with van der Waals surface area (Å²) in [5.74, 6) is 1.35. The highest BCUT2D eigenvalue weighted by molar-refractivity contribution is 7.89. The molecule has 1 N–H and O–H groups in total. The van der Waals surface area contributed by atoms with Gasteiger partial charge in [0, 0.05) is 25.0 Å². The number of benzene rings is 1. The average molecular weight is 636 g/mol. The van der Waals surface area contributed by atoms with Crippen molar-refractivity contribution in [1.29, 1.82) is 10.5 Å². The van der Waals surface area contributed by atoms with Crippen LogP contribution in [0.1, 0.15) is 78.6 Å². The zero-order chi connectivity index (χ0) is 32.8. The minimum Gasteiger partial charge on any atom is -0.462 e. The molecule has 0 amide bonds. The number of hydrogen-bond acceptors (Lipinski definition) is 5. The van der Waals surface area contributed by atoms with Crippen molar-refractivity contribution in [1.82, 2.24) is 4.72 Å². The normalized spacial score (nSPS) is 23.7. The molecule has 1 aromatic carbocycles. The van der Waals surface area contributed by atoms with Gasteiger partial charge in [-0.05, 0) is 92.5 Å². The molecular formula is C36H43F2N3O3S. The quantitative estimate of drug-likeness (QED) is 0.182. The predicted octanol–water partition coefficient (Wildman–Crippen LogP) is 9.00. The molecule has 1 unspecified atom stereocenters. The summed E-state index contributed by atoms with van der Waals surface area (Å²) in [5.41, 5.74) is 1.33. The number of nitrogens with zero attached hydrogens (tertiary/aromatic N) is 2. The highest BCUT2D eigenvalue weighted by Gasteiger charge is 2.26. The minimum absolute atomic E-state index is 0.0627. The largest absolute Gasteiger partial charge is 0.462 e. The Morgan fingerprint density at radius 2 is 1.84 bits per heavy atom. The van der Waals surface area contributed by atoms with E-state index in [-0.39, 0.29) is 22.0 Å². The number of rotatable bonds is 12. The molecule has 6 nitrogen and oxygen atoms in total. The van der Waals surface area contributed by atoms with Crippen LogP contribution in [0.5, 0.6) is 5.75 Å². The maximum absolute atomic E-state index is 13.6. The van der Waals surface area contributed by atoms with E-state index in [2.05, 4.69) is 22.9 Å². The molecule has 3 rings (SSSR count). The van der Waals surface area contributed by atoms with Gasteiger partial charge in [-0.25, -0.2) is 21.9 Å². The lowest BCUT2D eigenvalue weighted by molar-refractivity contribution is 0.149. The van der Waals surface area contributed by atoms with Crippen LogP contribution in [0.3, 0.4) is 0 Å². The van der Waals surface area contributed by atoms with Crippen LogP contribution in [0.2, 0.25) is 0 Å². The van der Waals surface area contributed by atoms with Crippen LogP contribution in [0, 0.1) is 34.5 Å². The van der Waals surface area contributed by atoms with E-state index in [0.29, 0.717) is 47.1 Å². The SMILES string of the molecule is C\C=C/C(CC(F)F)=C(C)/C1=C(C#N)/C(C#N)=C\C=C\C(C2CCCCC2)C\C(Oc2ccc(S(=O)(=O)NCCCC)cc2)=C\1. The van der Waals surface area contributed by atoms with Crippen LogP contribution in [-0.2, 0) is 10.0 Å². The summed E-state index contributed by atoms with van der Waals surface area (Å²) >= 11 is 0. The molecule has 0 bridgehead atoms. The zero-order valence-electron chi connectivity index (χ0n) is 26.4. The summed E-state index contributed by atoms with van der Waals surface area (Å²) in [6, 6.07) is 10.4. The fourth-order valence-electron chi connectivity index (χ4n) is 5.77. The van der Waals surface area contributed by atoms with Gasteiger partial charge in [0.25, 0.3) is 0 Å². The van der Waals surface area contributed by atoms with E-state index in [4.69, 9.17) is 4.74 Å². The van der Waals surface area contributed by atoms with E-state index in [0.717, 1.165) is 38.5 Å². The molecule has 0 heterocycles. The molecule has 0 saturated heterocycles. The van der Waals surface area contributed by atoms with Gasteiger partial charge in [-0.15, -0.1) is 0 Å².